The SMILES string of the molecule is COC1CC(NC(=O)c2cccc(O)c2O)C1. The summed E-state index contributed by atoms with van der Waals surface area (Å²) in [6.07, 6.45) is 1.77. The van der Waals surface area contributed by atoms with Crippen molar-refractivity contribution in [1.29, 1.82) is 0 Å². The van der Waals surface area contributed by atoms with Gasteiger partial charge in [-0.2, -0.15) is 0 Å². The summed E-state index contributed by atoms with van der Waals surface area (Å²) in [5, 5.41) is 21.6. The van der Waals surface area contributed by atoms with Crippen molar-refractivity contribution >= 4 is 5.91 Å². The van der Waals surface area contributed by atoms with Crippen molar-refractivity contribution in [2.45, 2.75) is 25.0 Å². The molecular formula is C12H15NO4. The van der Waals surface area contributed by atoms with Crippen LogP contribution in [0.4, 0.5) is 0 Å². The number of phenols is 2. The minimum atomic E-state index is -0.382. The number of nitrogens with one attached hydrogen (secondary N) is 1. The maximum Gasteiger partial charge on any atom is 0.255 e. The van der Waals surface area contributed by atoms with Crippen LogP contribution in [0.25, 0.3) is 0 Å². The van der Waals surface area contributed by atoms with E-state index in [1.165, 1.54) is 18.2 Å². The Labute approximate surface area is 99.0 Å². The van der Waals surface area contributed by atoms with E-state index in [9.17, 15) is 15.0 Å². The summed E-state index contributed by atoms with van der Waals surface area (Å²) < 4.78 is 5.11. The van der Waals surface area contributed by atoms with Crippen molar-refractivity contribution in [3.63, 3.8) is 0 Å². The molecule has 92 valence electrons. The summed E-state index contributed by atoms with van der Waals surface area (Å²) in [6.45, 7) is 0. The van der Waals surface area contributed by atoms with Gasteiger partial charge < -0.3 is 20.3 Å². The van der Waals surface area contributed by atoms with Gasteiger partial charge in [0.25, 0.3) is 5.91 Å². The molecule has 0 heterocycles. The number of hydrogen-bond acceptors (Lipinski definition) is 4. The van der Waals surface area contributed by atoms with E-state index in [4.69, 9.17) is 4.74 Å². The number of rotatable bonds is 3. The molecule has 0 saturated heterocycles. The molecule has 1 aliphatic rings. The highest BCUT2D eigenvalue weighted by Crippen LogP contribution is 2.29. The first kappa shape index (κ1) is 11.7. The van der Waals surface area contributed by atoms with Gasteiger partial charge in [-0.05, 0) is 25.0 Å². The van der Waals surface area contributed by atoms with E-state index in [-0.39, 0.29) is 35.1 Å². The smallest absolute Gasteiger partial charge is 0.255 e. The normalized spacial score (nSPS) is 22.9. The quantitative estimate of drug-likeness (QED) is 0.685. The van der Waals surface area contributed by atoms with Crippen LogP contribution in [0.5, 0.6) is 11.5 Å². The summed E-state index contributed by atoms with van der Waals surface area (Å²) in [5.41, 5.74) is 0.0888. The molecule has 0 atom stereocenters. The van der Waals surface area contributed by atoms with Crippen molar-refractivity contribution in [3.05, 3.63) is 23.8 Å². The van der Waals surface area contributed by atoms with Gasteiger partial charge in [0, 0.05) is 13.2 Å². The summed E-state index contributed by atoms with van der Waals surface area (Å²) in [4.78, 5) is 11.8. The summed E-state index contributed by atoms with van der Waals surface area (Å²) in [6, 6.07) is 4.39. The van der Waals surface area contributed by atoms with Gasteiger partial charge in [0.2, 0.25) is 0 Å². The fraction of sp³-hybridized carbons (Fsp3) is 0.417. The molecule has 0 radical (unpaired) electrons. The van der Waals surface area contributed by atoms with Crippen LogP contribution >= 0.6 is 0 Å². The second-order valence-corrected chi connectivity index (χ2v) is 4.17. The van der Waals surface area contributed by atoms with Crippen molar-refractivity contribution in [2.75, 3.05) is 7.11 Å². The number of methoxy groups -OCH3 is 1. The lowest BCUT2D eigenvalue weighted by atomic mass is 9.89. The molecule has 2 rings (SSSR count). The van der Waals surface area contributed by atoms with Crippen LogP contribution in [0, 0.1) is 0 Å². The summed E-state index contributed by atoms with van der Waals surface area (Å²) in [5.74, 6) is -1.05. The van der Waals surface area contributed by atoms with Crippen molar-refractivity contribution in [2.24, 2.45) is 0 Å². The fourth-order valence-electron chi connectivity index (χ4n) is 1.85. The highest BCUT2D eigenvalue weighted by molar-refractivity contribution is 5.97. The van der Waals surface area contributed by atoms with Gasteiger partial charge in [0.15, 0.2) is 11.5 Å². The van der Waals surface area contributed by atoms with Gasteiger partial charge in [-0.1, -0.05) is 6.07 Å². The van der Waals surface area contributed by atoms with Crippen LogP contribution in [-0.4, -0.2) is 35.4 Å². The first-order valence-electron chi connectivity index (χ1n) is 5.46. The second-order valence-electron chi connectivity index (χ2n) is 4.17. The highest BCUT2D eigenvalue weighted by atomic mass is 16.5. The molecule has 0 spiro atoms. The van der Waals surface area contributed by atoms with E-state index in [1.54, 1.807) is 7.11 Å². The monoisotopic (exact) mass is 237 g/mol. The first-order valence-corrected chi connectivity index (χ1v) is 5.46. The number of para-hydroxylation sites is 1. The van der Waals surface area contributed by atoms with Crippen LogP contribution in [-0.2, 0) is 4.74 Å². The predicted octanol–water partition coefficient (Wildman–Crippen LogP) is 1.00. The molecule has 5 heteroatoms. The molecule has 1 aromatic rings. The van der Waals surface area contributed by atoms with E-state index in [0.29, 0.717) is 0 Å². The number of carbonyl (C=O) groups excluding carboxylic acids is 1. The fourth-order valence-corrected chi connectivity index (χ4v) is 1.85. The van der Waals surface area contributed by atoms with E-state index in [0.717, 1.165) is 12.8 Å². The van der Waals surface area contributed by atoms with Gasteiger partial charge in [0.05, 0.1) is 11.7 Å². The molecule has 0 aromatic heterocycles. The molecule has 17 heavy (non-hydrogen) atoms. The van der Waals surface area contributed by atoms with Crippen LogP contribution in [0.1, 0.15) is 23.2 Å². The third kappa shape index (κ3) is 2.34. The largest absolute Gasteiger partial charge is 0.504 e. The van der Waals surface area contributed by atoms with Gasteiger partial charge in [-0.25, -0.2) is 0 Å². The van der Waals surface area contributed by atoms with E-state index >= 15 is 0 Å². The number of carbonyl (C=O) groups is 1. The van der Waals surface area contributed by atoms with E-state index in [2.05, 4.69) is 5.32 Å². The molecule has 1 amide bonds. The summed E-state index contributed by atoms with van der Waals surface area (Å²) >= 11 is 0. The number of benzene rings is 1. The molecule has 1 saturated carbocycles. The predicted molar refractivity (Wildman–Crippen MR) is 61.1 cm³/mol. The Morgan fingerprint density at radius 3 is 2.76 bits per heavy atom. The second kappa shape index (κ2) is 4.63. The number of ether oxygens (including phenoxy) is 1. The minimum absolute atomic E-state index is 0.0780. The van der Waals surface area contributed by atoms with Gasteiger partial charge in [-0.15, -0.1) is 0 Å². The van der Waals surface area contributed by atoms with Gasteiger partial charge >= 0.3 is 0 Å². The highest BCUT2D eigenvalue weighted by Gasteiger charge is 2.30. The Kier molecular flexibility index (Phi) is 3.19. The zero-order valence-electron chi connectivity index (χ0n) is 9.51. The van der Waals surface area contributed by atoms with E-state index in [1.807, 2.05) is 0 Å². The Bertz CT molecular complexity index is 427. The van der Waals surface area contributed by atoms with Gasteiger partial charge in [-0.3, -0.25) is 4.79 Å². The zero-order valence-corrected chi connectivity index (χ0v) is 9.51. The first-order chi connectivity index (χ1) is 8.11. The lowest BCUT2D eigenvalue weighted by molar-refractivity contribution is 0.0176. The van der Waals surface area contributed by atoms with Crippen LogP contribution in [0.3, 0.4) is 0 Å². The topological polar surface area (TPSA) is 78.8 Å². The van der Waals surface area contributed by atoms with Crippen LogP contribution in [0.2, 0.25) is 0 Å². The molecule has 0 unspecified atom stereocenters. The molecule has 0 aliphatic heterocycles. The Hall–Kier alpha value is -1.75. The molecular weight excluding hydrogens is 222 g/mol. The zero-order chi connectivity index (χ0) is 12.4. The van der Waals surface area contributed by atoms with Crippen LogP contribution < -0.4 is 5.32 Å². The molecule has 1 aliphatic carbocycles. The molecule has 5 nitrogen and oxygen atoms in total. The maximum absolute atomic E-state index is 11.8. The Balaban J connectivity index is 1.99. The summed E-state index contributed by atoms with van der Waals surface area (Å²) in [7, 11) is 1.64. The standard InChI is InChI=1S/C12H15NO4/c1-17-8-5-7(6-8)13-12(16)9-3-2-4-10(14)11(9)15/h2-4,7-8,14-15H,5-6H2,1H3,(H,13,16). The minimum Gasteiger partial charge on any atom is -0.504 e. The van der Waals surface area contributed by atoms with E-state index < -0.39 is 0 Å². The maximum atomic E-state index is 11.8. The van der Waals surface area contributed by atoms with Crippen molar-refractivity contribution < 1.29 is 19.7 Å². The molecule has 1 aromatic carbocycles. The van der Waals surface area contributed by atoms with Gasteiger partial charge in [0.1, 0.15) is 0 Å². The number of phenolic OH excluding ortho intramolecular Hbond substituents is 2. The lowest BCUT2D eigenvalue weighted by Gasteiger charge is -2.34. The molecule has 3 N–H and O–H groups in total. The average Bonchev–Trinajstić information content (AvgIpc) is 2.26. The number of hydrogen-bond donors (Lipinski definition) is 3. The average molecular weight is 237 g/mol. The van der Waals surface area contributed by atoms with Crippen molar-refractivity contribution in [1.82, 2.24) is 5.32 Å². The third-order valence-electron chi connectivity index (χ3n) is 3.02. The molecule has 0 bridgehead atoms. The number of amides is 1. The number of aromatic hydroxyl groups is 2. The third-order valence-corrected chi connectivity index (χ3v) is 3.02. The van der Waals surface area contributed by atoms with Crippen LogP contribution in [0.15, 0.2) is 18.2 Å². The molecule has 1 fully saturated rings. The van der Waals surface area contributed by atoms with Crippen molar-refractivity contribution in [3.8, 4) is 11.5 Å². The Morgan fingerprint density at radius 2 is 2.12 bits per heavy atom. The lowest BCUT2D eigenvalue weighted by Crippen LogP contribution is -2.47. The Morgan fingerprint density at radius 1 is 1.41 bits per heavy atom.